The van der Waals surface area contributed by atoms with E-state index in [1.165, 1.54) is 17.5 Å². The molecule has 11 nitrogen and oxygen atoms in total. The summed E-state index contributed by atoms with van der Waals surface area (Å²) in [6.45, 7) is 7.40. The quantitative estimate of drug-likeness (QED) is 0.301. The van der Waals surface area contributed by atoms with Gasteiger partial charge in [0.15, 0.2) is 0 Å². The lowest BCUT2D eigenvalue weighted by Gasteiger charge is -2.36. The number of hydrogen-bond acceptors (Lipinski definition) is 8. The summed E-state index contributed by atoms with van der Waals surface area (Å²) in [5.74, 6) is -2.73. The highest BCUT2D eigenvalue weighted by molar-refractivity contribution is 5.94. The van der Waals surface area contributed by atoms with Gasteiger partial charge in [0.25, 0.3) is 5.91 Å². The molecule has 3 amide bonds. The molecule has 0 bridgehead atoms. The number of fused-ring (bicyclic) bond motifs is 1. The number of aromatic nitrogens is 2. The van der Waals surface area contributed by atoms with Gasteiger partial charge < -0.3 is 20.5 Å². The highest BCUT2D eigenvalue weighted by Crippen LogP contribution is 2.22. The molecule has 3 atom stereocenters. The molecule has 11 heteroatoms. The number of hydrogen-bond donors (Lipinski definition) is 3. The van der Waals surface area contributed by atoms with Crippen LogP contribution in [0.3, 0.4) is 0 Å². The van der Waals surface area contributed by atoms with Crippen molar-refractivity contribution in [2.45, 2.75) is 71.5 Å². The summed E-state index contributed by atoms with van der Waals surface area (Å²) in [6, 6.07) is 8.79. The second kappa shape index (κ2) is 14.2. The zero-order valence-corrected chi connectivity index (χ0v) is 25.5. The number of benzene rings is 1. The van der Waals surface area contributed by atoms with Crippen molar-refractivity contribution in [3.63, 3.8) is 0 Å². The van der Waals surface area contributed by atoms with Crippen LogP contribution in [0.4, 0.5) is 0 Å². The van der Waals surface area contributed by atoms with Gasteiger partial charge in [-0.25, -0.2) is 5.43 Å². The molecule has 1 aromatic carbocycles. The van der Waals surface area contributed by atoms with Gasteiger partial charge in [-0.15, -0.1) is 0 Å². The van der Waals surface area contributed by atoms with E-state index in [1.54, 1.807) is 56.7 Å². The largest absolute Gasteiger partial charge is 0.548 e. The summed E-state index contributed by atoms with van der Waals surface area (Å²) < 4.78 is 0. The van der Waals surface area contributed by atoms with Crippen LogP contribution in [0.1, 0.15) is 57.4 Å². The van der Waals surface area contributed by atoms with E-state index in [4.69, 9.17) is 0 Å². The molecule has 1 aliphatic rings. The van der Waals surface area contributed by atoms with Gasteiger partial charge in [0.05, 0.1) is 23.1 Å². The number of nitrogens with zero attached hydrogens (tertiary/aromatic N) is 3. The van der Waals surface area contributed by atoms with Gasteiger partial charge in [0.1, 0.15) is 12.1 Å². The van der Waals surface area contributed by atoms with E-state index in [0.29, 0.717) is 25.1 Å². The van der Waals surface area contributed by atoms with E-state index in [-0.39, 0.29) is 12.3 Å². The minimum atomic E-state index is -1.29. The summed E-state index contributed by atoms with van der Waals surface area (Å²) in [5, 5.41) is 20.1. The van der Waals surface area contributed by atoms with Crippen LogP contribution in [0.5, 0.6) is 0 Å². The fourth-order valence-electron chi connectivity index (χ4n) is 4.92. The Morgan fingerprint density at radius 1 is 1.11 bits per heavy atom. The first-order chi connectivity index (χ1) is 21.0. The highest BCUT2D eigenvalue weighted by Gasteiger charge is 2.32. The maximum absolute atomic E-state index is 13.5. The van der Waals surface area contributed by atoms with Gasteiger partial charge in [-0.3, -0.25) is 29.4 Å². The second-order valence-corrected chi connectivity index (χ2v) is 11.7. The third-order valence-electron chi connectivity index (χ3n) is 7.72. The van der Waals surface area contributed by atoms with Gasteiger partial charge in [-0.1, -0.05) is 37.3 Å². The Morgan fingerprint density at radius 2 is 1.91 bits per heavy atom. The first-order valence-electron chi connectivity index (χ1n) is 14.8. The predicted octanol–water partition coefficient (Wildman–Crippen LogP) is 1.71. The van der Waals surface area contributed by atoms with Crippen LogP contribution in [0.2, 0.25) is 0 Å². The monoisotopic (exact) mass is 599 g/mol. The Bertz CT molecular complexity index is 1540. The number of aryl methyl sites for hydroxylation is 1. The van der Waals surface area contributed by atoms with E-state index in [9.17, 15) is 24.3 Å². The molecule has 0 spiro atoms. The third-order valence-corrected chi connectivity index (χ3v) is 7.72. The van der Waals surface area contributed by atoms with E-state index < -0.39 is 41.3 Å². The van der Waals surface area contributed by atoms with E-state index >= 15 is 0 Å². The molecule has 3 heterocycles. The summed E-state index contributed by atoms with van der Waals surface area (Å²) in [5.41, 5.74) is 4.30. The Morgan fingerprint density at radius 3 is 2.61 bits per heavy atom. The topological polar surface area (TPSA) is 156 Å². The van der Waals surface area contributed by atoms with E-state index in [1.807, 2.05) is 12.1 Å². The molecule has 3 aromatic rings. The lowest BCUT2D eigenvalue weighted by Crippen LogP contribution is -2.62. The summed E-state index contributed by atoms with van der Waals surface area (Å²) >= 11 is 0. The van der Waals surface area contributed by atoms with Crippen LogP contribution >= 0.6 is 0 Å². The second-order valence-electron chi connectivity index (χ2n) is 11.7. The average Bonchev–Trinajstić information content (AvgIpc) is 3.03. The van der Waals surface area contributed by atoms with Gasteiger partial charge in [0, 0.05) is 36.9 Å². The molecule has 2 aromatic heterocycles. The van der Waals surface area contributed by atoms with Gasteiger partial charge in [-0.2, -0.15) is 0 Å². The number of hydrazine groups is 1. The maximum atomic E-state index is 13.5. The van der Waals surface area contributed by atoms with Crippen molar-refractivity contribution in [3.05, 3.63) is 77.9 Å². The molecule has 1 fully saturated rings. The number of carbonyl (C=O) groups excluding carboxylic acids is 4. The third kappa shape index (κ3) is 8.25. The average molecular weight is 600 g/mol. The SMILES string of the molecule is CCc1ccc2cnc(/C=C/C(C)(C)C(=O)N[C@@H](Cc3cccnc3)C(=O)N[C@@H](C)C(=O)N3CCC[C@@H](C(=O)[O-])N3)cc2c1. The first-order valence-corrected chi connectivity index (χ1v) is 14.8. The molecule has 232 valence electrons. The lowest BCUT2D eigenvalue weighted by molar-refractivity contribution is -0.310. The number of rotatable bonds is 11. The molecule has 0 radical (unpaired) electrons. The maximum Gasteiger partial charge on any atom is 0.258 e. The predicted molar refractivity (Wildman–Crippen MR) is 164 cm³/mol. The molecule has 0 aliphatic carbocycles. The minimum Gasteiger partial charge on any atom is -0.548 e. The molecule has 0 saturated carbocycles. The van der Waals surface area contributed by atoms with Gasteiger partial charge >= 0.3 is 0 Å². The Kier molecular flexibility index (Phi) is 10.4. The standard InChI is InChI=1S/C33H40N6O5/c1-5-22-10-11-24-20-35-26(18-25(24)16-22)12-13-33(3,4)32(44)37-28(17-23-8-6-14-34-19-23)29(40)36-21(2)30(41)39-15-7-9-27(38-39)31(42)43/h6,8,10-14,16,18-21,27-28,38H,5,7,9,15,17H2,1-4H3,(H,36,40)(H,37,44)(H,42,43)/p-1/b13-12+/t21-,27-,28-/m0/s1. The first kappa shape index (κ1) is 32.3. The summed E-state index contributed by atoms with van der Waals surface area (Å²) in [4.78, 5) is 59.9. The number of carboxylic acids is 1. The molecule has 1 saturated heterocycles. The van der Waals surface area contributed by atoms with Crippen molar-refractivity contribution in [1.29, 1.82) is 0 Å². The molecule has 0 unspecified atom stereocenters. The van der Waals surface area contributed by atoms with Crippen molar-refractivity contribution in [1.82, 2.24) is 31.0 Å². The molecule has 3 N–H and O–H groups in total. The van der Waals surface area contributed by atoms with Crippen LogP contribution in [0.15, 0.2) is 61.1 Å². The van der Waals surface area contributed by atoms with Crippen LogP contribution < -0.4 is 21.2 Å². The van der Waals surface area contributed by atoms with Crippen LogP contribution in [-0.4, -0.2) is 63.3 Å². The number of pyridine rings is 2. The number of amides is 3. The lowest BCUT2D eigenvalue weighted by atomic mass is 9.90. The fraction of sp³-hybridized carbons (Fsp3) is 0.394. The number of nitrogens with one attached hydrogen (secondary N) is 3. The van der Waals surface area contributed by atoms with Crippen molar-refractivity contribution < 1.29 is 24.3 Å². The number of aliphatic carboxylic acids is 1. The van der Waals surface area contributed by atoms with Crippen LogP contribution in [0.25, 0.3) is 16.8 Å². The van der Waals surface area contributed by atoms with Crippen molar-refractivity contribution >= 4 is 40.5 Å². The minimum absolute atomic E-state index is 0.146. The van der Waals surface area contributed by atoms with Gasteiger partial charge in [0.2, 0.25) is 11.8 Å². The van der Waals surface area contributed by atoms with Crippen molar-refractivity contribution in [3.8, 4) is 0 Å². The summed E-state index contributed by atoms with van der Waals surface area (Å²) in [6.07, 6.45) is 10.5. The fourth-order valence-corrected chi connectivity index (χ4v) is 4.92. The van der Waals surface area contributed by atoms with Crippen LogP contribution in [-0.2, 0) is 32.0 Å². The van der Waals surface area contributed by atoms with E-state index in [0.717, 1.165) is 22.8 Å². The summed E-state index contributed by atoms with van der Waals surface area (Å²) in [7, 11) is 0. The van der Waals surface area contributed by atoms with Crippen molar-refractivity contribution in [2.24, 2.45) is 5.41 Å². The zero-order chi connectivity index (χ0) is 31.9. The molecular formula is C33H39N6O5-. The molecule has 44 heavy (non-hydrogen) atoms. The Labute approximate surface area is 257 Å². The Hall–Kier alpha value is -4.64. The zero-order valence-electron chi connectivity index (χ0n) is 25.5. The Balaban J connectivity index is 1.47. The van der Waals surface area contributed by atoms with Crippen molar-refractivity contribution in [2.75, 3.05) is 6.54 Å². The molecule has 1 aliphatic heterocycles. The van der Waals surface area contributed by atoms with E-state index in [2.05, 4.69) is 45.1 Å². The molecular weight excluding hydrogens is 560 g/mol. The highest BCUT2D eigenvalue weighted by atomic mass is 16.4. The molecule has 4 rings (SSSR count). The van der Waals surface area contributed by atoms with Crippen LogP contribution in [0, 0.1) is 5.41 Å². The van der Waals surface area contributed by atoms with Gasteiger partial charge in [-0.05, 0) is 74.8 Å². The number of carbonyl (C=O) groups is 4. The normalized spacial score (nSPS) is 16.8. The smallest absolute Gasteiger partial charge is 0.258 e. The number of carboxylic acid groups (broad SMARTS) is 1.